The molecule has 1 aromatic heterocycles. The van der Waals surface area contributed by atoms with Crippen molar-refractivity contribution in [3.8, 4) is 0 Å². The van der Waals surface area contributed by atoms with Gasteiger partial charge in [-0.1, -0.05) is 6.08 Å². The number of benzene rings is 1. The summed E-state index contributed by atoms with van der Waals surface area (Å²) in [6.07, 6.45) is 1.66. The van der Waals surface area contributed by atoms with Crippen LogP contribution in [0.1, 0.15) is 21.1 Å². The van der Waals surface area contributed by atoms with Gasteiger partial charge in [0.25, 0.3) is 5.91 Å². The van der Waals surface area contributed by atoms with E-state index in [0.717, 1.165) is 16.4 Å². The quantitative estimate of drug-likeness (QED) is 0.803. The molecule has 0 aliphatic carbocycles. The fraction of sp³-hybridized carbons (Fsp3) is 0.200. The molecule has 0 unspecified atom stereocenters. The maximum absolute atomic E-state index is 11.7. The molecule has 0 aliphatic heterocycles. The molecular formula is C15H17N3OS. The van der Waals surface area contributed by atoms with E-state index < -0.39 is 0 Å². The molecule has 0 spiro atoms. The molecule has 1 heterocycles. The summed E-state index contributed by atoms with van der Waals surface area (Å²) >= 11 is 1.64. The van der Waals surface area contributed by atoms with Crippen LogP contribution in [0.25, 0.3) is 0 Å². The van der Waals surface area contributed by atoms with E-state index >= 15 is 0 Å². The minimum absolute atomic E-state index is 0.0911. The van der Waals surface area contributed by atoms with E-state index in [-0.39, 0.29) is 5.91 Å². The fourth-order valence-corrected chi connectivity index (χ4v) is 2.30. The van der Waals surface area contributed by atoms with Crippen molar-refractivity contribution in [2.75, 3.05) is 11.9 Å². The number of carbonyl (C=O) groups is 1. The van der Waals surface area contributed by atoms with Crippen LogP contribution < -0.4 is 10.6 Å². The van der Waals surface area contributed by atoms with Crippen LogP contribution in [0.5, 0.6) is 0 Å². The highest BCUT2D eigenvalue weighted by atomic mass is 32.1. The normalized spacial score (nSPS) is 10.1. The van der Waals surface area contributed by atoms with Gasteiger partial charge in [-0.3, -0.25) is 4.79 Å². The van der Waals surface area contributed by atoms with E-state index in [0.29, 0.717) is 18.7 Å². The van der Waals surface area contributed by atoms with Crippen molar-refractivity contribution in [2.45, 2.75) is 13.5 Å². The lowest BCUT2D eigenvalue weighted by atomic mass is 10.2. The standard InChI is InChI=1S/C15H17N3OS/c1-3-8-16-15(19)12-4-6-13(7-5-12)17-9-14-10-20-11(2)18-14/h3-7,10,17H,1,8-9H2,2H3,(H,16,19). The first-order valence-corrected chi connectivity index (χ1v) is 7.21. The third kappa shape index (κ3) is 3.93. The second-order valence-corrected chi connectivity index (χ2v) is 5.35. The highest BCUT2D eigenvalue weighted by molar-refractivity contribution is 7.09. The molecule has 0 aliphatic rings. The van der Waals surface area contributed by atoms with Crippen molar-refractivity contribution in [1.29, 1.82) is 0 Å². The Morgan fingerprint density at radius 1 is 1.40 bits per heavy atom. The predicted octanol–water partition coefficient (Wildman–Crippen LogP) is 2.98. The first kappa shape index (κ1) is 14.3. The van der Waals surface area contributed by atoms with Crippen LogP contribution in [-0.2, 0) is 6.54 Å². The van der Waals surface area contributed by atoms with Gasteiger partial charge in [0, 0.05) is 23.2 Å². The summed E-state index contributed by atoms with van der Waals surface area (Å²) in [5, 5.41) is 9.13. The zero-order valence-corrected chi connectivity index (χ0v) is 12.2. The number of hydrogen-bond donors (Lipinski definition) is 2. The van der Waals surface area contributed by atoms with Crippen molar-refractivity contribution in [1.82, 2.24) is 10.3 Å². The number of aryl methyl sites for hydroxylation is 1. The Hall–Kier alpha value is -2.14. The summed E-state index contributed by atoms with van der Waals surface area (Å²) in [5.74, 6) is -0.0911. The van der Waals surface area contributed by atoms with Gasteiger partial charge < -0.3 is 10.6 Å². The largest absolute Gasteiger partial charge is 0.379 e. The first-order valence-electron chi connectivity index (χ1n) is 6.33. The topological polar surface area (TPSA) is 54.0 Å². The number of amides is 1. The van der Waals surface area contributed by atoms with Crippen molar-refractivity contribution < 1.29 is 4.79 Å². The molecule has 1 amide bonds. The highest BCUT2D eigenvalue weighted by Crippen LogP contribution is 2.13. The number of hydrogen-bond acceptors (Lipinski definition) is 4. The Labute approximate surface area is 122 Å². The van der Waals surface area contributed by atoms with Crippen molar-refractivity contribution in [3.05, 3.63) is 58.6 Å². The molecule has 20 heavy (non-hydrogen) atoms. The van der Waals surface area contributed by atoms with Gasteiger partial charge in [-0.25, -0.2) is 4.98 Å². The van der Waals surface area contributed by atoms with Gasteiger partial charge in [-0.15, -0.1) is 17.9 Å². The molecule has 0 saturated heterocycles. The van der Waals surface area contributed by atoms with E-state index in [4.69, 9.17) is 0 Å². The monoisotopic (exact) mass is 287 g/mol. The summed E-state index contributed by atoms with van der Waals surface area (Å²) in [7, 11) is 0. The van der Waals surface area contributed by atoms with Crippen molar-refractivity contribution >= 4 is 22.9 Å². The Morgan fingerprint density at radius 3 is 2.75 bits per heavy atom. The molecule has 0 radical (unpaired) electrons. The Kier molecular flexibility index (Phi) is 4.90. The molecule has 104 valence electrons. The first-order chi connectivity index (χ1) is 9.69. The average Bonchev–Trinajstić information content (AvgIpc) is 2.89. The van der Waals surface area contributed by atoms with Gasteiger partial charge in [-0.05, 0) is 31.2 Å². The second-order valence-electron chi connectivity index (χ2n) is 4.29. The van der Waals surface area contributed by atoms with Gasteiger partial charge in [0.1, 0.15) is 0 Å². The van der Waals surface area contributed by atoms with E-state index in [9.17, 15) is 4.79 Å². The summed E-state index contributed by atoms with van der Waals surface area (Å²) in [6.45, 7) is 6.72. The zero-order valence-electron chi connectivity index (χ0n) is 11.3. The number of nitrogens with zero attached hydrogens (tertiary/aromatic N) is 1. The summed E-state index contributed by atoms with van der Waals surface area (Å²) in [6, 6.07) is 7.38. The minimum atomic E-state index is -0.0911. The van der Waals surface area contributed by atoms with Gasteiger partial charge in [0.15, 0.2) is 0 Å². The van der Waals surface area contributed by atoms with Crippen LogP contribution >= 0.6 is 11.3 Å². The van der Waals surface area contributed by atoms with Crippen molar-refractivity contribution in [3.63, 3.8) is 0 Å². The lowest BCUT2D eigenvalue weighted by Crippen LogP contribution is -2.23. The lowest BCUT2D eigenvalue weighted by Gasteiger charge is -2.06. The number of carbonyl (C=O) groups excluding carboxylic acids is 1. The number of anilines is 1. The van der Waals surface area contributed by atoms with Gasteiger partial charge in [0.2, 0.25) is 0 Å². The Balaban J connectivity index is 1.91. The Morgan fingerprint density at radius 2 is 2.15 bits per heavy atom. The van der Waals surface area contributed by atoms with Crippen molar-refractivity contribution in [2.24, 2.45) is 0 Å². The summed E-state index contributed by atoms with van der Waals surface area (Å²) in [4.78, 5) is 16.1. The molecule has 2 rings (SSSR count). The molecule has 0 atom stereocenters. The van der Waals surface area contributed by atoms with Crippen LogP contribution in [0.15, 0.2) is 42.3 Å². The van der Waals surface area contributed by atoms with Crippen LogP contribution in [0.4, 0.5) is 5.69 Å². The molecule has 0 saturated carbocycles. The minimum Gasteiger partial charge on any atom is -0.379 e. The van der Waals surface area contributed by atoms with E-state index in [1.165, 1.54) is 0 Å². The Bertz CT molecular complexity index is 589. The lowest BCUT2D eigenvalue weighted by molar-refractivity contribution is 0.0958. The van der Waals surface area contributed by atoms with Crippen LogP contribution in [-0.4, -0.2) is 17.4 Å². The molecule has 2 N–H and O–H groups in total. The third-order valence-corrected chi connectivity index (χ3v) is 3.52. The van der Waals surface area contributed by atoms with E-state index in [2.05, 4.69) is 22.2 Å². The second kappa shape index (κ2) is 6.86. The molecule has 0 bridgehead atoms. The molecule has 2 aromatic rings. The van der Waals surface area contributed by atoms with Gasteiger partial charge >= 0.3 is 0 Å². The number of thiazole rings is 1. The molecule has 4 nitrogen and oxygen atoms in total. The van der Waals surface area contributed by atoms with Gasteiger partial charge in [-0.2, -0.15) is 0 Å². The predicted molar refractivity (Wildman–Crippen MR) is 83.1 cm³/mol. The average molecular weight is 287 g/mol. The summed E-state index contributed by atoms with van der Waals surface area (Å²) < 4.78 is 0. The third-order valence-electron chi connectivity index (χ3n) is 2.69. The fourth-order valence-electron chi connectivity index (χ4n) is 1.69. The molecule has 5 heteroatoms. The van der Waals surface area contributed by atoms with Crippen LogP contribution in [0.3, 0.4) is 0 Å². The van der Waals surface area contributed by atoms with Gasteiger partial charge in [0.05, 0.1) is 17.2 Å². The SMILES string of the molecule is C=CCNC(=O)c1ccc(NCc2csc(C)n2)cc1. The maximum Gasteiger partial charge on any atom is 0.251 e. The molecular weight excluding hydrogens is 270 g/mol. The number of rotatable bonds is 6. The number of nitrogens with one attached hydrogen (secondary N) is 2. The highest BCUT2D eigenvalue weighted by Gasteiger charge is 2.04. The summed E-state index contributed by atoms with van der Waals surface area (Å²) in [5.41, 5.74) is 2.64. The maximum atomic E-state index is 11.7. The smallest absolute Gasteiger partial charge is 0.251 e. The number of aromatic nitrogens is 1. The zero-order chi connectivity index (χ0) is 14.4. The molecule has 0 fully saturated rings. The van der Waals surface area contributed by atoms with Crippen LogP contribution in [0.2, 0.25) is 0 Å². The van der Waals surface area contributed by atoms with Crippen LogP contribution in [0, 0.1) is 6.92 Å². The molecule has 1 aromatic carbocycles. The van der Waals surface area contributed by atoms with E-state index in [1.807, 2.05) is 24.4 Å². The van der Waals surface area contributed by atoms with E-state index in [1.54, 1.807) is 29.5 Å².